The van der Waals surface area contributed by atoms with E-state index in [-0.39, 0.29) is 42.9 Å². The highest BCUT2D eigenvalue weighted by Gasteiger charge is 2.69. The summed E-state index contributed by atoms with van der Waals surface area (Å²) in [6, 6.07) is 3.56. The molecule has 1 aromatic rings. The average Bonchev–Trinajstić information content (AvgIpc) is 2.96. The molecule has 7 heteroatoms. The van der Waals surface area contributed by atoms with E-state index in [1.54, 1.807) is 0 Å². The summed E-state index contributed by atoms with van der Waals surface area (Å²) in [7, 11) is 0. The van der Waals surface area contributed by atoms with Crippen LogP contribution < -0.4 is 0 Å². The molecule has 1 aliphatic heterocycles. The maximum atomic E-state index is 12.6. The summed E-state index contributed by atoms with van der Waals surface area (Å²) >= 11 is 0. The normalized spacial score (nSPS) is 32.6. The van der Waals surface area contributed by atoms with Crippen LogP contribution >= 0.6 is 0 Å². The third-order valence-corrected chi connectivity index (χ3v) is 5.31. The van der Waals surface area contributed by atoms with Gasteiger partial charge in [-0.1, -0.05) is 0 Å². The Hall–Kier alpha value is -2.12. The van der Waals surface area contributed by atoms with Gasteiger partial charge in [-0.2, -0.15) is 0 Å². The number of Topliss-reactive ketones (excluding diaryl/α,β-unsaturated/α-hetero) is 1. The zero-order valence-electron chi connectivity index (χ0n) is 12.4. The molecular formula is C16H18O7. The largest absolute Gasteiger partial charge is 0.508 e. The van der Waals surface area contributed by atoms with E-state index in [2.05, 4.69) is 0 Å². The van der Waals surface area contributed by atoms with Gasteiger partial charge in [0, 0.05) is 6.42 Å². The summed E-state index contributed by atoms with van der Waals surface area (Å²) in [5.74, 6) is -1.65. The van der Waals surface area contributed by atoms with Gasteiger partial charge in [-0.3, -0.25) is 9.59 Å². The molecule has 23 heavy (non-hydrogen) atoms. The third kappa shape index (κ3) is 2.04. The van der Waals surface area contributed by atoms with E-state index in [1.807, 2.05) is 0 Å². The van der Waals surface area contributed by atoms with Crippen LogP contribution in [0, 0.1) is 10.8 Å². The number of hydrogen-bond donors (Lipinski definition) is 4. The molecule has 4 N–H and O–H groups in total. The van der Waals surface area contributed by atoms with E-state index in [1.165, 1.54) is 12.1 Å². The predicted octanol–water partition coefficient (Wildman–Crippen LogP) is 0.347. The van der Waals surface area contributed by atoms with Gasteiger partial charge < -0.3 is 25.2 Å². The Kier molecular flexibility index (Phi) is 3.57. The number of ketones is 1. The van der Waals surface area contributed by atoms with Crippen LogP contribution in [0.3, 0.4) is 0 Å². The number of carbonyl (C=O) groups is 2. The molecule has 124 valence electrons. The number of phenols is 2. The van der Waals surface area contributed by atoms with Gasteiger partial charge in [-0.05, 0) is 31.0 Å². The summed E-state index contributed by atoms with van der Waals surface area (Å²) in [5, 5.41) is 39.3. The summed E-state index contributed by atoms with van der Waals surface area (Å²) in [6.07, 6.45) is -0.738. The number of phenolic OH excluding ortho intramolecular Hbond substituents is 2. The predicted molar refractivity (Wildman–Crippen MR) is 76.9 cm³/mol. The van der Waals surface area contributed by atoms with Gasteiger partial charge in [-0.15, -0.1) is 0 Å². The highest BCUT2D eigenvalue weighted by atomic mass is 16.5. The summed E-state index contributed by atoms with van der Waals surface area (Å²) in [6.45, 7) is -0.609. The molecule has 1 heterocycles. The van der Waals surface area contributed by atoms with Crippen LogP contribution in [0.4, 0.5) is 0 Å². The molecule has 0 aromatic heterocycles. The Morgan fingerprint density at radius 1 is 1.35 bits per heavy atom. The Bertz CT molecular complexity index is 670. The molecule has 1 saturated heterocycles. The minimum atomic E-state index is -1.31. The van der Waals surface area contributed by atoms with Crippen LogP contribution in [-0.2, 0) is 9.53 Å². The molecule has 2 aliphatic rings. The number of cyclic esters (lactones) is 1. The molecule has 0 unspecified atom stereocenters. The van der Waals surface area contributed by atoms with Crippen molar-refractivity contribution in [2.45, 2.75) is 25.4 Å². The standard InChI is InChI=1S/C16H18O7/c17-7-16-8-23-14(22)15(16,4-3-13(16)21)6-12(20)10-5-9(18)1-2-11(10)19/h1-2,5,13,17-19,21H,3-4,6-8H2/t13-,15+,16-/m0/s1. The van der Waals surface area contributed by atoms with Crippen LogP contribution in [0.1, 0.15) is 29.6 Å². The minimum absolute atomic E-state index is 0.104. The minimum Gasteiger partial charge on any atom is -0.508 e. The van der Waals surface area contributed by atoms with Gasteiger partial charge in [0.25, 0.3) is 0 Å². The number of rotatable bonds is 4. The average molecular weight is 322 g/mol. The second-order valence-electron chi connectivity index (χ2n) is 6.33. The topological polar surface area (TPSA) is 124 Å². The number of esters is 1. The van der Waals surface area contributed by atoms with Crippen molar-refractivity contribution in [1.82, 2.24) is 0 Å². The molecular weight excluding hydrogens is 304 g/mol. The monoisotopic (exact) mass is 322 g/mol. The Labute approximate surface area is 132 Å². The first-order valence-corrected chi connectivity index (χ1v) is 7.38. The van der Waals surface area contributed by atoms with E-state index in [0.29, 0.717) is 0 Å². The molecule has 7 nitrogen and oxygen atoms in total. The van der Waals surface area contributed by atoms with Crippen LogP contribution in [0.5, 0.6) is 11.5 Å². The molecule has 3 rings (SSSR count). The smallest absolute Gasteiger partial charge is 0.313 e. The molecule has 0 spiro atoms. The van der Waals surface area contributed by atoms with Crippen LogP contribution in [0.2, 0.25) is 0 Å². The Balaban J connectivity index is 1.98. The van der Waals surface area contributed by atoms with E-state index in [0.717, 1.165) is 6.07 Å². The number of carbonyl (C=O) groups excluding carboxylic acids is 2. The number of aromatic hydroxyl groups is 2. The maximum Gasteiger partial charge on any atom is 0.313 e. The molecule has 3 atom stereocenters. The van der Waals surface area contributed by atoms with Gasteiger partial charge in [-0.25, -0.2) is 0 Å². The Morgan fingerprint density at radius 3 is 2.78 bits per heavy atom. The van der Waals surface area contributed by atoms with Crippen molar-refractivity contribution >= 4 is 11.8 Å². The van der Waals surface area contributed by atoms with Crippen molar-refractivity contribution in [1.29, 1.82) is 0 Å². The molecule has 0 radical (unpaired) electrons. The van der Waals surface area contributed by atoms with Gasteiger partial charge in [0.1, 0.15) is 18.1 Å². The van der Waals surface area contributed by atoms with Crippen molar-refractivity contribution in [2.24, 2.45) is 10.8 Å². The van der Waals surface area contributed by atoms with E-state index in [4.69, 9.17) is 4.74 Å². The fourth-order valence-corrected chi connectivity index (χ4v) is 3.86. The zero-order valence-corrected chi connectivity index (χ0v) is 12.4. The van der Waals surface area contributed by atoms with Crippen LogP contribution in [-0.4, -0.2) is 51.5 Å². The van der Waals surface area contributed by atoms with E-state index >= 15 is 0 Å². The van der Waals surface area contributed by atoms with Gasteiger partial charge in [0.05, 0.1) is 29.1 Å². The van der Waals surface area contributed by atoms with Crippen LogP contribution in [0.15, 0.2) is 18.2 Å². The molecule has 1 aromatic carbocycles. The molecule has 1 aliphatic carbocycles. The first-order valence-electron chi connectivity index (χ1n) is 7.38. The zero-order chi connectivity index (χ0) is 16.8. The van der Waals surface area contributed by atoms with E-state index < -0.39 is 35.3 Å². The SMILES string of the molecule is O=C(C[C@@]12CC[C@H](O)[C@]1(CO)COC2=O)c1cc(O)ccc1O. The summed E-state index contributed by atoms with van der Waals surface area (Å²) in [5.41, 5.74) is -2.62. The van der Waals surface area contributed by atoms with Crippen LogP contribution in [0.25, 0.3) is 0 Å². The fourth-order valence-electron chi connectivity index (χ4n) is 3.86. The van der Waals surface area contributed by atoms with Crippen molar-refractivity contribution in [3.8, 4) is 11.5 Å². The fraction of sp³-hybridized carbons (Fsp3) is 0.500. The second kappa shape index (κ2) is 5.21. The van der Waals surface area contributed by atoms with Gasteiger partial charge >= 0.3 is 5.97 Å². The number of aliphatic hydroxyl groups excluding tert-OH is 2. The molecule has 0 amide bonds. The Morgan fingerprint density at radius 2 is 2.09 bits per heavy atom. The third-order valence-electron chi connectivity index (χ3n) is 5.31. The highest BCUT2D eigenvalue weighted by Crippen LogP contribution is 2.59. The van der Waals surface area contributed by atoms with Gasteiger partial charge in [0.15, 0.2) is 5.78 Å². The van der Waals surface area contributed by atoms with E-state index in [9.17, 15) is 30.0 Å². The first-order chi connectivity index (χ1) is 10.9. The molecule has 0 bridgehead atoms. The van der Waals surface area contributed by atoms with Crippen molar-refractivity contribution in [3.05, 3.63) is 23.8 Å². The molecule has 2 fully saturated rings. The van der Waals surface area contributed by atoms with Crippen molar-refractivity contribution < 1.29 is 34.8 Å². The number of benzene rings is 1. The van der Waals surface area contributed by atoms with Crippen molar-refractivity contribution in [2.75, 3.05) is 13.2 Å². The van der Waals surface area contributed by atoms with Crippen molar-refractivity contribution in [3.63, 3.8) is 0 Å². The number of hydrogen-bond acceptors (Lipinski definition) is 7. The number of ether oxygens (including phenoxy) is 1. The lowest BCUT2D eigenvalue weighted by atomic mass is 9.64. The number of fused-ring (bicyclic) bond motifs is 1. The lowest BCUT2D eigenvalue weighted by Crippen LogP contribution is -2.48. The number of aliphatic hydroxyl groups is 2. The first kappa shape index (κ1) is 15.8. The summed E-state index contributed by atoms with van der Waals surface area (Å²) in [4.78, 5) is 24.9. The lowest BCUT2D eigenvalue weighted by Gasteiger charge is -2.35. The lowest BCUT2D eigenvalue weighted by molar-refractivity contribution is -0.147. The van der Waals surface area contributed by atoms with Gasteiger partial charge in [0.2, 0.25) is 0 Å². The summed E-state index contributed by atoms with van der Waals surface area (Å²) < 4.78 is 5.06. The second-order valence-corrected chi connectivity index (χ2v) is 6.33. The maximum absolute atomic E-state index is 12.6. The molecule has 1 saturated carbocycles. The quantitative estimate of drug-likeness (QED) is 0.358. The highest BCUT2D eigenvalue weighted by molar-refractivity contribution is 6.02.